The number of carbonyl (C=O) groups is 2. The number of ketones is 1. The number of methoxy groups -OCH3 is 1. The maximum absolute atomic E-state index is 14.4. The van der Waals surface area contributed by atoms with Gasteiger partial charge in [-0.15, -0.1) is 0 Å². The van der Waals surface area contributed by atoms with Crippen LogP contribution in [0.2, 0.25) is 0 Å². The van der Waals surface area contributed by atoms with Crippen molar-refractivity contribution < 1.29 is 23.8 Å². The van der Waals surface area contributed by atoms with Crippen LogP contribution < -0.4 is 4.74 Å². The highest BCUT2D eigenvalue weighted by Gasteiger charge is 2.52. The topological polar surface area (TPSA) is 61.8 Å². The fraction of sp³-hybridized carbons (Fsp3) is 0.514. The number of ether oxygens (including phenoxy) is 3. The standard InChI is InChI=1S/C37H50O5/c1-9-11-28(5)34-32-20-15-27(4)33(42-29(6)38)21-14-25(2)12-10-13-26(3)22-23-37(32,7)36(39)35(34)41-24-30-16-18-31(40-8)19-17-30/h9,11-12,15-19,22,28,32-33H,10,13-14,20-21,23-24H2,1-8H3/b11-9+,25-12-,26-22+,27-15+/t28-,32-,33+,37+/m1/s1. The highest BCUT2D eigenvalue weighted by atomic mass is 16.5. The van der Waals surface area contributed by atoms with Crippen LogP contribution in [-0.2, 0) is 25.7 Å². The molecule has 42 heavy (non-hydrogen) atoms. The van der Waals surface area contributed by atoms with E-state index in [0.717, 1.165) is 48.1 Å². The number of esters is 1. The third kappa shape index (κ3) is 8.36. The second-order valence-electron chi connectivity index (χ2n) is 12.2. The fourth-order valence-electron chi connectivity index (χ4n) is 6.13. The Morgan fingerprint density at radius 3 is 2.40 bits per heavy atom. The van der Waals surface area contributed by atoms with E-state index in [0.29, 0.717) is 25.2 Å². The van der Waals surface area contributed by atoms with E-state index in [1.54, 1.807) is 7.11 Å². The highest BCUT2D eigenvalue weighted by Crippen LogP contribution is 2.52. The van der Waals surface area contributed by atoms with E-state index in [1.807, 2.05) is 44.2 Å². The zero-order valence-corrected chi connectivity index (χ0v) is 26.9. The lowest BCUT2D eigenvalue weighted by Gasteiger charge is -2.32. The second-order valence-corrected chi connectivity index (χ2v) is 12.2. The van der Waals surface area contributed by atoms with E-state index in [1.165, 1.54) is 18.1 Å². The van der Waals surface area contributed by atoms with Gasteiger partial charge in [0.15, 0.2) is 5.76 Å². The average Bonchev–Trinajstić information content (AvgIpc) is 3.17. The van der Waals surface area contributed by atoms with Crippen LogP contribution in [0.25, 0.3) is 0 Å². The van der Waals surface area contributed by atoms with Gasteiger partial charge in [-0.25, -0.2) is 0 Å². The normalized spacial score (nSPS) is 28.8. The molecule has 0 unspecified atom stereocenters. The van der Waals surface area contributed by atoms with Crippen LogP contribution in [0.15, 0.2) is 82.7 Å². The lowest BCUT2D eigenvalue weighted by molar-refractivity contribution is -0.144. The zero-order chi connectivity index (χ0) is 30.9. The first kappa shape index (κ1) is 33.2. The molecule has 5 nitrogen and oxygen atoms in total. The summed E-state index contributed by atoms with van der Waals surface area (Å²) >= 11 is 0. The molecule has 0 aromatic heterocycles. The predicted octanol–water partition coefficient (Wildman–Crippen LogP) is 9.01. The minimum Gasteiger partial charge on any atom is -0.497 e. The van der Waals surface area contributed by atoms with Gasteiger partial charge in [0.05, 0.1) is 7.11 Å². The Morgan fingerprint density at radius 1 is 1.07 bits per heavy atom. The van der Waals surface area contributed by atoms with Crippen LogP contribution in [0, 0.1) is 17.3 Å². The molecule has 2 aliphatic rings. The Hall–Kier alpha value is -3.34. The zero-order valence-electron chi connectivity index (χ0n) is 26.9. The molecule has 0 aliphatic heterocycles. The summed E-state index contributed by atoms with van der Waals surface area (Å²) in [5.74, 6) is 1.06. The van der Waals surface area contributed by atoms with Crippen molar-refractivity contribution in [2.75, 3.05) is 7.11 Å². The Balaban J connectivity index is 2.08. The molecule has 0 radical (unpaired) electrons. The van der Waals surface area contributed by atoms with Gasteiger partial charge >= 0.3 is 5.97 Å². The number of carbonyl (C=O) groups excluding carboxylic acids is 2. The van der Waals surface area contributed by atoms with Crippen molar-refractivity contribution in [3.63, 3.8) is 0 Å². The van der Waals surface area contributed by atoms with Crippen LogP contribution in [-0.4, -0.2) is 25.0 Å². The summed E-state index contributed by atoms with van der Waals surface area (Å²) in [6.07, 6.45) is 15.5. The minimum absolute atomic E-state index is 0.0358. The van der Waals surface area contributed by atoms with Gasteiger partial charge in [-0.3, -0.25) is 9.59 Å². The van der Waals surface area contributed by atoms with Gasteiger partial charge in [0, 0.05) is 18.3 Å². The summed E-state index contributed by atoms with van der Waals surface area (Å²) < 4.78 is 17.5. The molecule has 0 bridgehead atoms. The summed E-state index contributed by atoms with van der Waals surface area (Å²) in [5.41, 5.74) is 5.01. The average molecular weight is 575 g/mol. The Kier molecular flexibility index (Phi) is 12.0. The van der Waals surface area contributed by atoms with Crippen LogP contribution in [0.4, 0.5) is 0 Å². The van der Waals surface area contributed by atoms with Crippen molar-refractivity contribution >= 4 is 11.8 Å². The summed E-state index contributed by atoms with van der Waals surface area (Å²) in [5, 5.41) is 0. The monoisotopic (exact) mass is 574 g/mol. The van der Waals surface area contributed by atoms with Crippen LogP contribution in [0.1, 0.15) is 92.6 Å². The largest absolute Gasteiger partial charge is 0.497 e. The molecule has 228 valence electrons. The van der Waals surface area contributed by atoms with E-state index >= 15 is 0 Å². The fourth-order valence-corrected chi connectivity index (χ4v) is 6.13. The third-order valence-electron chi connectivity index (χ3n) is 8.84. The highest BCUT2D eigenvalue weighted by molar-refractivity contribution is 6.02. The van der Waals surface area contributed by atoms with Crippen LogP contribution in [0.3, 0.4) is 0 Å². The van der Waals surface area contributed by atoms with Crippen molar-refractivity contribution in [1.82, 2.24) is 0 Å². The van der Waals surface area contributed by atoms with Gasteiger partial charge in [-0.1, -0.05) is 67.5 Å². The number of hydrogen-bond acceptors (Lipinski definition) is 5. The number of benzene rings is 1. The Labute approximate surface area is 253 Å². The number of allylic oxidation sites excluding steroid dienone is 9. The maximum Gasteiger partial charge on any atom is 0.303 e. The molecule has 4 atom stereocenters. The number of hydrogen-bond donors (Lipinski definition) is 0. The SMILES string of the molecule is C/C=C/[C@@H](C)C1=C(OCc2ccc(OC)cc2)C(=O)[C@@]2(C)C/C=C(\C)CC/C=C(/C)CC[C@H](OC(C)=O)/C(C)=C/C[C@H]12. The van der Waals surface area contributed by atoms with Gasteiger partial charge < -0.3 is 14.2 Å². The molecule has 0 heterocycles. The van der Waals surface area contributed by atoms with E-state index in [9.17, 15) is 9.59 Å². The van der Waals surface area contributed by atoms with Gasteiger partial charge in [0.25, 0.3) is 0 Å². The predicted molar refractivity (Wildman–Crippen MR) is 170 cm³/mol. The lowest BCUT2D eigenvalue weighted by Crippen LogP contribution is -2.32. The summed E-state index contributed by atoms with van der Waals surface area (Å²) in [6.45, 7) is 14.4. The van der Waals surface area contributed by atoms with Crippen LogP contribution >= 0.6 is 0 Å². The van der Waals surface area contributed by atoms with Crippen LogP contribution in [0.5, 0.6) is 5.75 Å². The van der Waals surface area contributed by atoms with Crippen molar-refractivity contribution in [2.45, 2.75) is 99.7 Å². The lowest BCUT2D eigenvalue weighted by atomic mass is 9.70. The molecule has 1 aromatic carbocycles. The Morgan fingerprint density at radius 2 is 1.76 bits per heavy atom. The molecule has 2 aliphatic carbocycles. The summed E-state index contributed by atoms with van der Waals surface area (Å²) in [6, 6.07) is 7.76. The first-order chi connectivity index (χ1) is 20.0. The molecule has 5 heteroatoms. The number of rotatable bonds is 7. The molecule has 0 saturated heterocycles. The summed E-state index contributed by atoms with van der Waals surface area (Å²) in [7, 11) is 1.65. The van der Waals surface area contributed by atoms with Crippen molar-refractivity contribution in [2.24, 2.45) is 17.3 Å². The van der Waals surface area contributed by atoms with Gasteiger partial charge in [-0.2, -0.15) is 0 Å². The quantitative estimate of drug-likeness (QED) is 0.240. The van der Waals surface area contributed by atoms with E-state index in [-0.39, 0.29) is 29.7 Å². The van der Waals surface area contributed by atoms with Crippen molar-refractivity contribution in [3.05, 3.63) is 88.3 Å². The smallest absolute Gasteiger partial charge is 0.303 e. The molecule has 0 spiro atoms. The minimum atomic E-state index is -0.651. The van der Waals surface area contributed by atoms with Gasteiger partial charge in [0.1, 0.15) is 18.5 Å². The van der Waals surface area contributed by atoms with Crippen molar-refractivity contribution in [1.29, 1.82) is 0 Å². The molecular weight excluding hydrogens is 524 g/mol. The van der Waals surface area contributed by atoms with E-state index in [4.69, 9.17) is 14.2 Å². The van der Waals surface area contributed by atoms with E-state index in [2.05, 4.69) is 52.0 Å². The maximum atomic E-state index is 14.4. The summed E-state index contributed by atoms with van der Waals surface area (Å²) in [4.78, 5) is 26.4. The number of Topliss-reactive ketones (excluding diaryl/α,β-unsaturated/α-hetero) is 1. The molecule has 0 saturated carbocycles. The van der Waals surface area contributed by atoms with Gasteiger partial charge in [0.2, 0.25) is 5.78 Å². The molecule has 1 aromatic rings. The van der Waals surface area contributed by atoms with E-state index < -0.39 is 5.41 Å². The molecule has 3 rings (SSSR count). The molecular formula is C37H50O5. The van der Waals surface area contributed by atoms with Gasteiger partial charge in [-0.05, 0) is 101 Å². The second kappa shape index (κ2) is 15.2. The third-order valence-corrected chi connectivity index (χ3v) is 8.84. The first-order valence-electron chi connectivity index (χ1n) is 15.3. The number of fused-ring (bicyclic) bond motifs is 1. The molecule has 0 N–H and O–H groups in total. The molecule has 0 amide bonds. The Bertz CT molecular complexity index is 1260. The van der Waals surface area contributed by atoms with Crippen molar-refractivity contribution in [3.8, 4) is 5.75 Å². The first-order valence-corrected chi connectivity index (χ1v) is 15.3. The molecule has 0 fully saturated rings.